The summed E-state index contributed by atoms with van der Waals surface area (Å²) in [7, 11) is 0. The average Bonchev–Trinajstić information content (AvgIpc) is 2.59. The molecule has 126 valence electrons. The van der Waals surface area contributed by atoms with Crippen LogP contribution in [0.2, 0.25) is 0 Å². The molecule has 1 aliphatic rings. The molecule has 0 radical (unpaired) electrons. The highest BCUT2D eigenvalue weighted by atomic mass is 32.1. The Morgan fingerprint density at radius 1 is 1.43 bits per heavy atom. The minimum Gasteiger partial charge on any atom is -0.383 e. The zero-order valence-electron chi connectivity index (χ0n) is 13.9. The van der Waals surface area contributed by atoms with Crippen molar-refractivity contribution in [3.05, 3.63) is 24.0 Å². The van der Waals surface area contributed by atoms with Crippen LogP contribution in [0.3, 0.4) is 0 Å². The van der Waals surface area contributed by atoms with Crippen molar-refractivity contribution in [1.29, 1.82) is 0 Å². The van der Waals surface area contributed by atoms with Crippen LogP contribution in [0.5, 0.6) is 0 Å². The topological polar surface area (TPSA) is 64.6 Å². The monoisotopic (exact) mass is 334 g/mol. The van der Waals surface area contributed by atoms with Gasteiger partial charge in [0.05, 0.1) is 11.4 Å². The molecule has 6 nitrogen and oxygen atoms in total. The van der Waals surface area contributed by atoms with Crippen LogP contribution < -0.4 is 16.1 Å². The molecule has 2 rings (SSSR count). The number of thiocarbonyl (C=S) groups is 1. The van der Waals surface area contributed by atoms with Gasteiger partial charge in [-0.3, -0.25) is 10.4 Å². The standard InChI is InChI=1S/C16H26N6S/c1-3-11-22(12-10-17-4-2)16(23)21-20-14-7-9-18-13-6-5-8-19-15(13)14/h5-6,8,17-18H,3-4,7,9-12H2,1-2H3,(H,21,23)/b20-14-. The van der Waals surface area contributed by atoms with Crippen LogP contribution in [0.25, 0.3) is 0 Å². The third-order valence-corrected chi connectivity index (χ3v) is 3.98. The Balaban J connectivity index is 1.99. The molecule has 0 saturated heterocycles. The Morgan fingerprint density at radius 2 is 2.30 bits per heavy atom. The highest BCUT2D eigenvalue weighted by Gasteiger charge is 2.16. The van der Waals surface area contributed by atoms with E-state index in [1.807, 2.05) is 12.1 Å². The van der Waals surface area contributed by atoms with E-state index >= 15 is 0 Å². The van der Waals surface area contributed by atoms with Crippen LogP contribution in [0.1, 0.15) is 32.4 Å². The van der Waals surface area contributed by atoms with Gasteiger partial charge in [-0.2, -0.15) is 5.10 Å². The van der Waals surface area contributed by atoms with E-state index in [2.05, 4.69) is 44.9 Å². The van der Waals surface area contributed by atoms with Crippen LogP contribution in [-0.2, 0) is 0 Å². The van der Waals surface area contributed by atoms with Gasteiger partial charge in [-0.05, 0) is 37.3 Å². The lowest BCUT2D eigenvalue weighted by Gasteiger charge is -2.25. The van der Waals surface area contributed by atoms with Crippen molar-refractivity contribution in [3.63, 3.8) is 0 Å². The van der Waals surface area contributed by atoms with E-state index in [0.717, 1.165) is 62.7 Å². The summed E-state index contributed by atoms with van der Waals surface area (Å²) in [6.07, 6.45) is 3.68. The van der Waals surface area contributed by atoms with Crippen molar-refractivity contribution in [1.82, 2.24) is 20.6 Å². The summed E-state index contributed by atoms with van der Waals surface area (Å²) in [5, 5.41) is 11.9. The third-order valence-electron chi connectivity index (χ3n) is 3.63. The summed E-state index contributed by atoms with van der Waals surface area (Å²) >= 11 is 5.50. The zero-order valence-corrected chi connectivity index (χ0v) is 14.7. The van der Waals surface area contributed by atoms with Gasteiger partial charge in [-0.1, -0.05) is 13.8 Å². The number of likely N-dealkylation sites (N-methyl/N-ethyl adjacent to an activating group) is 1. The maximum Gasteiger partial charge on any atom is 0.189 e. The average molecular weight is 334 g/mol. The van der Waals surface area contributed by atoms with Gasteiger partial charge in [-0.15, -0.1) is 0 Å². The van der Waals surface area contributed by atoms with Crippen molar-refractivity contribution in [2.45, 2.75) is 26.7 Å². The number of nitrogens with zero attached hydrogens (tertiary/aromatic N) is 3. The fourth-order valence-electron chi connectivity index (χ4n) is 2.48. The molecule has 0 unspecified atom stereocenters. The first-order valence-electron chi connectivity index (χ1n) is 8.27. The van der Waals surface area contributed by atoms with E-state index < -0.39 is 0 Å². The van der Waals surface area contributed by atoms with Gasteiger partial charge in [0.1, 0.15) is 5.69 Å². The Hall–Kier alpha value is -1.73. The number of anilines is 1. The normalized spacial score (nSPS) is 15.0. The number of hydrogen-bond acceptors (Lipinski definition) is 5. The van der Waals surface area contributed by atoms with E-state index in [1.54, 1.807) is 6.20 Å². The number of nitrogens with one attached hydrogen (secondary N) is 3. The van der Waals surface area contributed by atoms with E-state index in [-0.39, 0.29) is 0 Å². The molecule has 1 aromatic heterocycles. The predicted octanol–water partition coefficient (Wildman–Crippen LogP) is 1.80. The van der Waals surface area contributed by atoms with Crippen LogP contribution in [-0.4, -0.2) is 53.4 Å². The molecule has 1 aliphatic heterocycles. The summed E-state index contributed by atoms with van der Waals surface area (Å²) in [5.74, 6) is 0. The van der Waals surface area contributed by atoms with Crippen LogP contribution in [0.4, 0.5) is 5.69 Å². The number of pyridine rings is 1. The number of fused-ring (bicyclic) bond motifs is 1. The summed E-state index contributed by atoms with van der Waals surface area (Å²) in [6.45, 7) is 8.83. The first-order chi connectivity index (χ1) is 11.3. The van der Waals surface area contributed by atoms with Crippen LogP contribution in [0.15, 0.2) is 23.4 Å². The van der Waals surface area contributed by atoms with E-state index in [1.165, 1.54) is 0 Å². The largest absolute Gasteiger partial charge is 0.383 e. The Kier molecular flexibility index (Phi) is 7.22. The lowest BCUT2D eigenvalue weighted by Crippen LogP contribution is -2.42. The molecule has 0 aromatic carbocycles. The van der Waals surface area contributed by atoms with Gasteiger partial charge in [0, 0.05) is 38.8 Å². The lowest BCUT2D eigenvalue weighted by atomic mass is 10.1. The molecule has 0 atom stereocenters. The molecule has 0 spiro atoms. The van der Waals surface area contributed by atoms with Crippen LogP contribution in [0, 0.1) is 0 Å². The zero-order chi connectivity index (χ0) is 16.5. The Labute approximate surface area is 143 Å². The highest BCUT2D eigenvalue weighted by Crippen LogP contribution is 2.18. The molecule has 23 heavy (non-hydrogen) atoms. The fourth-order valence-corrected chi connectivity index (χ4v) is 2.71. The molecule has 2 heterocycles. The number of rotatable bonds is 7. The van der Waals surface area contributed by atoms with Crippen molar-refractivity contribution in [2.75, 3.05) is 38.0 Å². The summed E-state index contributed by atoms with van der Waals surface area (Å²) in [4.78, 5) is 6.58. The Bertz CT molecular complexity index is 545. The van der Waals surface area contributed by atoms with Crippen LogP contribution >= 0.6 is 12.2 Å². The minimum absolute atomic E-state index is 0.674. The quantitative estimate of drug-likeness (QED) is 0.401. The van der Waals surface area contributed by atoms with E-state index in [4.69, 9.17) is 12.2 Å². The van der Waals surface area contributed by atoms with Gasteiger partial charge >= 0.3 is 0 Å². The van der Waals surface area contributed by atoms with Gasteiger partial charge in [0.2, 0.25) is 0 Å². The maximum absolute atomic E-state index is 5.50. The molecule has 1 aromatic rings. The SMILES string of the molecule is CCCN(CCNCC)C(=S)N/N=C1/CCNc2cccnc21. The molecular formula is C16H26N6S. The van der Waals surface area contributed by atoms with Crippen molar-refractivity contribution in [3.8, 4) is 0 Å². The number of hydrogen-bond donors (Lipinski definition) is 3. The smallest absolute Gasteiger partial charge is 0.189 e. The van der Waals surface area contributed by atoms with Crippen molar-refractivity contribution < 1.29 is 0 Å². The minimum atomic E-state index is 0.674. The second-order valence-electron chi connectivity index (χ2n) is 5.39. The summed E-state index contributed by atoms with van der Waals surface area (Å²) in [5.41, 5.74) is 5.94. The molecule has 0 amide bonds. The molecule has 7 heteroatoms. The second-order valence-corrected chi connectivity index (χ2v) is 5.78. The summed E-state index contributed by atoms with van der Waals surface area (Å²) in [6, 6.07) is 3.95. The third kappa shape index (κ3) is 5.14. The summed E-state index contributed by atoms with van der Waals surface area (Å²) < 4.78 is 0. The molecule has 0 aliphatic carbocycles. The molecule has 0 bridgehead atoms. The van der Waals surface area contributed by atoms with Gasteiger partial charge in [0.15, 0.2) is 5.11 Å². The molecule has 0 saturated carbocycles. The first kappa shape index (κ1) is 17.6. The van der Waals surface area contributed by atoms with Gasteiger partial charge < -0.3 is 15.5 Å². The second kappa shape index (κ2) is 9.42. The molecule has 3 N–H and O–H groups in total. The van der Waals surface area contributed by atoms with E-state index in [9.17, 15) is 0 Å². The van der Waals surface area contributed by atoms with Crippen molar-refractivity contribution >= 4 is 28.7 Å². The first-order valence-corrected chi connectivity index (χ1v) is 8.68. The number of hydrazone groups is 1. The maximum atomic E-state index is 5.50. The number of aromatic nitrogens is 1. The Morgan fingerprint density at radius 3 is 3.09 bits per heavy atom. The predicted molar refractivity (Wildman–Crippen MR) is 100 cm³/mol. The lowest BCUT2D eigenvalue weighted by molar-refractivity contribution is 0.405. The highest BCUT2D eigenvalue weighted by molar-refractivity contribution is 7.80. The van der Waals surface area contributed by atoms with Gasteiger partial charge in [0.25, 0.3) is 0 Å². The molecular weight excluding hydrogens is 308 g/mol. The molecule has 0 fully saturated rings. The van der Waals surface area contributed by atoms with E-state index in [0.29, 0.717) is 5.11 Å². The fraction of sp³-hybridized carbons (Fsp3) is 0.562. The van der Waals surface area contributed by atoms with Crippen molar-refractivity contribution in [2.24, 2.45) is 5.10 Å². The van der Waals surface area contributed by atoms with Gasteiger partial charge in [-0.25, -0.2) is 0 Å².